The van der Waals surface area contributed by atoms with E-state index in [1.807, 2.05) is 5.38 Å². The first-order chi connectivity index (χ1) is 13.2. The summed E-state index contributed by atoms with van der Waals surface area (Å²) in [6, 6.07) is 9.79. The molecule has 3 aromatic heterocycles. The van der Waals surface area contributed by atoms with E-state index in [0.717, 1.165) is 0 Å². The zero-order valence-corrected chi connectivity index (χ0v) is 14.9. The average molecular weight is 379 g/mol. The van der Waals surface area contributed by atoms with Gasteiger partial charge in [-0.2, -0.15) is 4.99 Å². The highest BCUT2D eigenvalue weighted by atomic mass is 32.1. The van der Waals surface area contributed by atoms with E-state index in [9.17, 15) is 9.18 Å². The zero-order chi connectivity index (χ0) is 18.6. The lowest BCUT2D eigenvalue weighted by Crippen LogP contribution is -2.17. The van der Waals surface area contributed by atoms with Crippen LogP contribution in [-0.2, 0) is 6.54 Å². The minimum Gasteiger partial charge on any atom is -0.343 e. The number of rotatable bonds is 4. The minimum atomic E-state index is -0.394. The molecule has 134 valence electrons. The highest BCUT2D eigenvalue weighted by molar-refractivity contribution is 7.07. The molecule has 0 radical (unpaired) electrons. The van der Waals surface area contributed by atoms with Crippen LogP contribution in [-0.4, -0.2) is 25.4 Å². The van der Waals surface area contributed by atoms with Crippen molar-refractivity contribution in [3.63, 3.8) is 0 Å². The quantitative estimate of drug-likeness (QED) is 0.591. The number of aromatic nitrogens is 4. The first kappa shape index (κ1) is 17.0. The molecule has 3 heterocycles. The third kappa shape index (κ3) is 3.75. The largest absolute Gasteiger partial charge is 0.343 e. The average Bonchev–Trinajstić information content (AvgIpc) is 3.36. The number of nitrogens with zero attached hydrogens (tertiary/aromatic N) is 4. The monoisotopic (exact) mass is 379 g/mol. The summed E-state index contributed by atoms with van der Waals surface area (Å²) in [5, 5.41) is 1.81. The number of pyridine rings is 1. The Hall–Kier alpha value is -3.39. The van der Waals surface area contributed by atoms with Crippen LogP contribution < -0.4 is 4.80 Å². The molecule has 0 saturated heterocycles. The van der Waals surface area contributed by atoms with Crippen molar-refractivity contribution in [1.82, 2.24) is 19.5 Å². The molecule has 1 aromatic carbocycles. The maximum Gasteiger partial charge on any atom is 0.279 e. The fourth-order valence-electron chi connectivity index (χ4n) is 2.57. The summed E-state index contributed by atoms with van der Waals surface area (Å²) in [6.45, 7) is 0.302. The summed E-state index contributed by atoms with van der Waals surface area (Å²) in [5.41, 5.74) is 1.50. The van der Waals surface area contributed by atoms with Gasteiger partial charge < -0.3 is 9.55 Å². The summed E-state index contributed by atoms with van der Waals surface area (Å²) >= 11 is 1.32. The molecule has 1 N–H and O–H groups in total. The van der Waals surface area contributed by atoms with E-state index < -0.39 is 5.91 Å². The van der Waals surface area contributed by atoms with E-state index in [1.54, 1.807) is 59.7 Å². The van der Waals surface area contributed by atoms with Crippen LogP contribution in [0.3, 0.4) is 0 Å². The van der Waals surface area contributed by atoms with Gasteiger partial charge in [-0.15, -0.1) is 11.3 Å². The van der Waals surface area contributed by atoms with Gasteiger partial charge >= 0.3 is 0 Å². The number of carbonyl (C=O) groups excluding carboxylic acids is 1. The second kappa shape index (κ2) is 7.46. The lowest BCUT2D eigenvalue weighted by molar-refractivity contribution is 0.0997. The van der Waals surface area contributed by atoms with Gasteiger partial charge in [-0.25, -0.2) is 9.37 Å². The third-order valence-corrected chi connectivity index (χ3v) is 4.70. The van der Waals surface area contributed by atoms with Crippen LogP contribution >= 0.6 is 11.3 Å². The molecule has 0 fully saturated rings. The van der Waals surface area contributed by atoms with Gasteiger partial charge in [0.25, 0.3) is 5.91 Å². The summed E-state index contributed by atoms with van der Waals surface area (Å²) in [6.07, 6.45) is 6.63. The van der Waals surface area contributed by atoms with Gasteiger partial charge in [-0.3, -0.25) is 9.78 Å². The molecule has 6 nitrogen and oxygen atoms in total. The molecule has 0 aliphatic rings. The lowest BCUT2D eigenvalue weighted by Gasteiger charge is -2.04. The number of nitrogens with one attached hydrogen (secondary N) is 1. The summed E-state index contributed by atoms with van der Waals surface area (Å²) < 4.78 is 15.6. The maximum absolute atomic E-state index is 13.9. The van der Waals surface area contributed by atoms with Crippen molar-refractivity contribution in [2.24, 2.45) is 4.99 Å². The lowest BCUT2D eigenvalue weighted by atomic mass is 10.2. The number of thiazole rings is 1. The Kier molecular flexibility index (Phi) is 4.71. The number of hydrogen-bond donors (Lipinski definition) is 1. The number of aromatic amines is 1. The number of amides is 1. The summed E-state index contributed by atoms with van der Waals surface area (Å²) in [4.78, 5) is 28.6. The van der Waals surface area contributed by atoms with E-state index in [0.29, 0.717) is 34.0 Å². The highest BCUT2D eigenvalue weighted by Gasteiger charge is 2.10. The molecule has 4 rings (SSSR count). The van der Waals surface area contributed by atoms with Crippen molar-refractivity contribution >= 4 is 17.2 Å². The SMILES string of the molecule is O=C(N=c1sccn1Cc1ccccc1F)c1ccnc(-c2ncc[nH]2)c1. The van der Waals surface area contributed by atoms with Crippen LogP contribution in [0.15, 0.2) is 71.6 Å². The molecule has 1 amide bonds. The van der Waals surface area contributed by atoms with Gasteiger partial charge in [0.05, 0.1) is 6.54 Å². The Morgan fingerprint density at radius 1 is 1.22 bits per heavy atom. The molecule has 4 aromatic rings. The molecule has 27 heavy (non-hydrogen) atoms. The molecule has 0 aliphatic carbocycles. The molecule has 0 saturated carbocycles. The minimum absolute atomic E-state index is 0.286. The summed E-state index contributed by atoms with van der Waals surface area (Å²) in [7, 11) is 0. The highest BCUT2D eigenvalue weighted by Crippen LogP contribution is 2.13. The van der Waals surface area contributed by atoms with E-state index in [4.69, 9.17) is 0 Å². The predicted molar refractivity (Wildman–Crippen MR) is 99.5 cm³/mol. The van der Waals surface area contributed by atoms with Gasteiger partial charge in [0.2, 0.25) is 0 Å². The van der Waals surface area contributed by atoms with Crippen molar-refractivity contribution in [3.05, 3.63) is 88.3 Å². The molecule has 0 bridgehead atoms. The Morgan fingerprint density at radius 2 is 2.11 bits per heavy atom. The molecule has 0 atom stereocenters. The molecular weight excluding hydrogens is 365 g/mol. The maximum atomic E-state index is 13.9. The van der Waals surface area contributed by atoms with Crippen LogP contribution in [0.1, 0.15) is 15.9 Å². The smallest absolute Gasteiger partial charge is 0.279 e. The normalized spacial score (nSPS) is 11.7. The number of benzene rings is 1. The van der Waals surface area contributed by atoms with E-state index in [2.05, 4.69) is 19.9 Å². The molecule has 8 heteroatoms. The molecule has 0 spiro atoms. The standard InChI is InChI=1S/C19H14FN5OS/c20-15-4-2-1-3-14(15)12-25-9-10-27-19(25)24-18(26)13-5-6-21-16(11-13)17-22-7-8-23-17/h1-11H,12H2,(H,22,23). The van der Waals surface area contributed by atoms with Crippen LogP contribution in [0, 0.1) is 5.82 Å². The van der Waals surface area contributed by atoms with Gasteiger partial charge in [0.15, 0.2) is 10.6 Å². The van der Waals surface area contributed by atoms with Gasteiger partial charge in [0.1, 0.15) is 11.5 Å². The Morgan fingerprint density at radius 3 is 2.93 bits per heavy atom. The molecular formula is C19H14FN5OS. The predicted octanol–water partition coefficient (Wildman–Crippen LogP) is 3.26. The Bertz CT molecular complexity index is 1150. The number of imidazole rings is 1. The van der Waals surface area contributed by atoms with Crippen molar-refractivity contribution in [1.29, 1.82) is 0 Å². The summed E-state index contributed by atoms with van der Waals surface area (Å²) in [5.74, 6) is -0.101. The van der Waals surface area contributed by atoms with E-state index in [1.165, 1.54) is 17.4 Å². The second-order valence-corrected chi connectivity index (χ2v) is 6.56. The van der Waals surface area contributed by atoms with Gasteiger partial charge in [0, 0.05) is 41.3 Å². The fraction of sp³-hybridized carbons (Fsp3) is 0.0526. The van der Waals surface area contributed by atoms with Crippen molar-refractivity contribution in [2.75, 3.05) is 0 Å². The number of halogens is 1. The first-order valence-electron chi connectivity index (χ1n) is 8.13. The number of carbonyl (C=O) groups is 1. The van der Waals surface area contributed by atoms with E-state index in [-0.39, 0.29) is 5.82 Å². The van der Waals surface area contributed by atoms with Crippen LogP contribution in [0.4, 0.5) is 4.39 Å². The van der Waals surface area contributed by atoms with Gasteiger partial charge in [-0.1, -0.05) is 18.2 Å². The van der Waals surface area contributed by atoms with Crippen LogP contribution in [0.5, 0.6) is 0 Å². The van der Waals surface area contributed by atoms with Crippen LogP contribution in [0.25, 0.3) is 11.5 Å². The molecule has 0 aliphatic heterocycles. The number of hydrogen-bond acceptors (Lipinski definition) is 4. The van der Waals surface area contributed by atoms with E-state index >= 15 is 0 Å². The van der Waals surface area contributed by atoms with Gasteiger partial charge in [-0.05, 0) is 18.2 Å². The van der Waals surface area contributed by atoms with Crippen LogP contribution in [0.2, 0.25) is 0 Å². The molecule has 0 unspecified atom stereocenters. The van der Waals surface area contributed by atoms with Crippen molar-refractivity contribution in [2.45, 2.75) is 6.54 Å². The number of H-pyrrole nitrogens is 1. The topological polar surface area (TPSA) is 75.9 Å². The van der Waals surface area contributed by atoms with Crippen molar-refractivity contribution < 1.29 is 9.18 Å². The Balaban J connectivity index is 1.63. The third-order valence-electron chi connectivity index (χ3n) is 3.90. The first-order valence-corrected chi connectivity index (χ1v) is 9.01. The zero-order valence-electron chi connectivity index (χ0n) is 14.0. The Labute approximate surface area is 157 Å². The fourth-order valence-corrected chi connectivity index (χ4v) is 3.29. The second-order valence-electron chi connectivity index (χ2n) is 5.69. The van der Waals surface area contributed by atoms with Crippen molar-refractivity contribution in [3.8, 4) is 11.5 Å².